The number of hydrogen-bond donors (Lipinski definition) is 1. The first-order valence-electron chi connectivity index (χ1n) is 7.41. The Hall–Kier alpha value is -1.06. The highest BCUT2D eigenvalue weighted by molar-refractivity contribution is 5.33. The molecule has 114 valence electrons. The zero-order valence-electron chi connectivity index (χ0n) is 13.5. The van der Waals surface area contributed by atoms with Crippen LogP contribution in [0.5, 0.6) is 5.75 Å². The Bertz CT molecular complexity index is 388. The first kappa shape index (κ1) is 17.0. The molecule has 0 atom stereocenters. The van der Waals surface area contributed by atoms with Crippen LogP contribution in [0, 0.1) is 5.92 Å². The van der Waals surface area contributed by atoms with Gasteiger partial charge in [0.2, 0.25) is 0 Å². The molecule has 0 aliphatic carbocycles. The lowest BCUT2D eigenvalue weighted by molar-refractivity contribution is 0.00537. The number of hydrogen-bond acceptors (Lipinski definition) is 3. The van der Waals surface area contributed by atoms with Gasteiger partial charge in [-0.15, -0.1) is 0 Å². The van der Waals surface area contributed by atoms with Gasteiger partial charge in [0.15, 0.2) is 0 Å². The van der Waals surface area contributed by atoms with Gasteiger partial charge in [0.05, 0.1) is 12.2 Å². The number of benzene rings is 1. The van der Waals surface area contributed by atoms with Crippen LogP contribution in [0.3, 0.4) is 0 Å². The summed E-state index contributed by atoms with van der Waals surface area (Å²) in [5.74, 6) is 1.63. The van der Waals surface area contributed by atoms with Gasteiger partial charge in [-0.25, -0.2) is 0 Å². The molecule has 0 saturated heterocycles. The van der Waals surface area contributed by atoms with Crippen LogP contribution in [-0.4, -0.2) is 25.9 Å². The number of nitrogens with one attached hydrogen (secondary N) is 1. The van der Waals surface area contributed by atoms with Crippen LogP contribution >= 0.6 is 0 Å². The molecule has 20 heavy (non-hydrogen) atoms. The number of ether oxygens (including phenoxy) is 2. The van der Waals surface area contributed by atoms with E-state index in [1.54, 1.807) is 7.11 Å². The van der Waals surface area contributed by atoms with Crippen molar-refractivity contribution >= 4 is 0 Å². The summed E-state index contributed by atoms with van der Waals surface area (Å²) in [5, 5.41) is 3.45. The van der Waals surface area contributed by atoms with E-state index >= 15 is 0 Å². The predicted octanol–water partition coefficient (Wildman–Crippen LogP) is 3.63. The number of methoxy groups -OCH3 is 1. The minimum absolute atomic E-state index is 0.134. The molecular formula is C17H29NO2. The van der Waals surface area contributed by atoms with E-state index < -0.39 is 0 Å². The zero-order valence-corrected chi connectivity index (χ0v) is 13.5. The maximum Gasteiger partial charge on any atom is 0.123 e. The maximum absolute atomic E-state index is 5.91. The fraction of sp³-hybridized carbons (Fsp3) is 0.647. The molecule has 3 heteroatoms. The molecule has 0 aliphatic rings. The van der Waals surface area contributed by atoms with Crippen molar-refractivity contribution in [1.29, 1.82) is 0 Å². The van der Waals surface area contributed by atoms with Gasteiger partial charge in [-0.1, -0.05) is 32.0 Å². The Morgan fingerprint density at radius 2 is 1.90 bits per heavy atom. The highest BCUT2D eigenvalue weighted by Crippen LogP contribution is 2.20. The average Bonchev–Trinajstić information content (AvgIpc) is 2.40. The standard InChI is InChI=1S/C17H29NO2/c1-14(2)12-18-13-15-8-6-7-9-16(15)20-11-10-17(3,4)19-5/h6-9,14,18H,10-13H2,1-5H3. The van der Waals surface area contributed by atoms with Crippen molar-refractivity contribution < 1.29 is 9.47 Å². The van der Waals surface area contributed by atoms with Crippen LogP contribution < -0.4 is 10.1 Å². The Labute approximate surface area is 123 Å². The molecule has 0 saturated carbocycles. The molecule has 0 heterocycles. The van der Waals surface area contributed by atoms with E-state index in [-0.39, 0.29) is 5.60 Å². The van der Waals surface area contributed by atoms with Crippen molar-refractivity contribution in [3.05, 3.63) is 29.8 Å². The predicted molar refractivity (Wildman–Crippen MR) is 84.2 cm³/mol. The fourth-order valence-corrected chi connectivity index (χ4v) is 1.80. The summed E-state index contributed by atoms with van der Waals surface area (Å²) in [6.07, 6.45) is 0.872. The largest absolute Gasteiger partial charge is 0.493 e. The van der Waals surface area contributed by atoms with E-state index in [0.717, 1.165) is 25.3 Å². The third-order valence-electron chi connectivity index (χ3n) is 3.35. The summed E-state index contributed by atoms with van der Waals surface area (Å²) < 4.78 is 11.3. The average molecular weight is 279 g/mol. The number of para-hydroxylation sites is 1. The molecule has 0 aliphatic heterocycles. The van der Waals surface area contributed by atoms with Gasteiger partial charge in [0, 0.05) is 25.6 Å². The van der Waals surface area contributed by atoms with Crippen LogP contribution in [0.4, 0.5) is 0 Å². The molecule has 1 N–H and O–H groups in total. The van der Waals surface area contributed by atoms with Gasteiger partial charge < -0.3 is 14.8 Å². The topological polar surface area (TPSA) is 30.5 Å². The van der Waals surface area contributed by atoms with E-state index in [1.807, 2.05) is 12.1 Å². The van der Waals surface area contributed by atoms with Gasteiger partial charge in [0.1, 0.15) is 5.75 Å². The van der Waals surface area contributed by atoms with Crippen molar-refractivity contribution in [2.24, 2.45) is 5.92 Å². The van der Waals surface area contributed by atoms with E-state index in [4.69, 9.17) is 9.47 Å². The molecule has 0 aromatic heterocycles. The van der Waals surface area contributed by atoms with Gasteiger partial charge in [0.25, 0.3) is 0 Å². The molecule has 0 fully saturated rings. The second-order valence-electron chi connectivity index (χ2n) is 6.19. The van der Waals surface area contributed by atoms with Gasteiger partial charge in [-0.05, 0) is 32.4 Å². The maximum atomic E-state index is 5.91. The summed E-state index contributed by atoms with van der Waals surface area (Å²) in [6.45, 7) is 11.1. The Morgan fingerprint density at radius 1 is 1.20 bits per heavy atom. The highest BCUT2D eigenvalue weighted by Gasteiger charge is 2.16. The van der Waals surface area contributed by atoms with E-state index in [2.05, 4.69) is 45.1 Å². The molecule has 0 unspecified atom stereocenters. The second kappa shape index (κ2) is 8.28. The Balaban J connectivity index is 2.48. The summed E-state index contributed by atoms with van der Waals surface area (Å²) in [4.78, 5) is 0. The lowest BCUT2D eigenvalue weighted by Crippen LogP contribution is -2.25. The Kier molecular flexibility index (Phi) is 7.03. The van der Waals surface area contributed by atoms with Crippen LogP contribution in [0.15, 0.2) is 24.3 Å². The number of rotatable bonds is 9. The Morgan fingerprint density at radius 3 is 2.55 bits per heavy atom. The van der Waals surface area contributed by atoms with Gasteiger partial charge >= 0.3 is 0 Å². The summed E-state index contributed by atoms with van der Waals surface area (Å²) in [5.41, 5.74) is 1.08. The summed E-state index contributed by atoms with van der Waals surface area (Å²) in [7, 11) is 1.74. The molecule has 0 amide bonds. The lowest BCUT2D eigenvalue weighted by Gasteiger charge is -2.23. The molecule has 0 spiro atoms. The lowest BCUT2D eigenvalue weighted by atomic mass is 10.1. The monoisotopic (exact) mass is 279 g/mol. The second-order valence-corrected chi connectivity index (χ2v) is 6.19. The van der Waals surface area contributed by atoms with Crippen LogP contribution in [0.2, 0.25) is 0 Å². The van der Waals surface area contributed by atoms with Crippen molar-refractivity contribution in [3.8, 4) is 5.75 Å². The third kappa shape index (κ3) is 6.40. The normalized spacial score (nSPS) is 11.9. The zero-order chi connectivity index (χ0) is 15.0. The molecule has 0 radical (unpaired) electrons. The minimum atomic E-state index is -0.134. The molecule has 1 aromatic rings. The van der Waals surface area contributed by atoms with Gasteiger partial charge in [-0.3, -0.25) is 0 Å². The van der Waals surface area contributed by atoms with Crippen molar-refractivity contribution in [2.75, 3.05) is 20.3 Å². The minimum Gasteiger partial charge on any atom is -0.493 e. The summed E-state index contributed by atoms with van der Waals surface area (Å²) >= 11 is 0. The molecule has 0 bridgehead atoms. The highest BCUT2D eigenvalue weighted by atomic mass is 16.5. The third-order valence-corrected chi connectivity index (χ3v) is 3.35. The van der Waals surface area contributed by atoms with Crippen LogP contribution in [-0.2, 0) is 11.3 Å². The van der Waals surface area contributed by atoms with Crippen LogP contribution in [0.1, 0.15) is 39.7 Å². The van der Waals surface area contributed by atoms with E-state index in [1.165, 1.54) is 5.56 Å². The fourth-order valence-electron chi connectivity index (χ4n) is 1.80. The van der Waals surface area contributed by atoms with E-state index in [9.17, 15) is 0 Å². The molecule has 1 aromatic carbocycles. The molecule has 3 nitrogen and oxygen atoms in total. The quantitative estimate of drug-likeness (QED) is 0.749. The smallest absolute Gasteiger partial charge is 0.123 e. The van der Waals surface area contributed by atoms with Crippen molar-refractivity contribution in [3.63, 3.8) is 0 Å². The first-order chi connectivity index (χ1) is 9.44. The first-order valence-corrected chi connectivity index (χ1v) is 7.41. The summed E-state index contributed by atoms with van der Waals surface area (Å²) in [6, 6.07) is 8.22. The van der Waals surface area contributed by atoms with Crippen molar-refractivity contribution in [1.82, 2.24) is 5.32 Å². The van der Waals surface area contributed by atoms with E-state index in [0.29, 0.717) is 12.5 Å². The van der Waals surface area contributed by atoms with Gasteiger partial charge in [-0.2, -0.15) is 0 Å². The SMILES string of the molecule is COC(C)(C)CCOc1ccccc1CNCC(C)C. The van der Waals surface area contributed by atoms with Crippen molar-refractivity contribution in [2.45, 2.75) is 46.3 Å². The molecule has 1 rings (SSSR count). The van der Waals surface area contributed by atoms with Crippen LogP contribution in [0.25, 0.3) is 0 Å². The molecular weight excluding hydrogens is 250 g/mol.